The van der Waals surface area contributed by atoms with Gasteiger partial charge < -0.3 is 14.5 Å². The van der Waals surface area contributed by atoms with E-state index in [1.807, 2.05) is 61.7 Å². The van der Waals surface area contributed by atoms with Crippen LogP contribution < -0.4 is 20.3 Å². The van der Waals surface area contributed by atoms with Crippen LogP contribution >= 0.6 is 0 Å². The summed E-state index contributed by atoms with van der Waals surface area (Å²) in [7, 11) is 0. The lowest BCUT2D eigenvalue weighted by atomic mass is 10.1. The number of carbonyl (C=O) groups is 2. The molecule has 0 saturated carbocycles. The largest absolute Gasteiger partial charge is 0.490 e. The number of ether oxygens (including phenoxy) is 2. The molecule has 2 amide bonds. The summed E-state index contributed by atoms with van der Waals surface area (Å²) < 4.78 is 11.2. The minimum Gasteiger partial charge on any atom is -0.490 e. The van der Waals surface area contributed by atoms with Crippen molar-refractivity contribution in [3.05, 3.63) is 60.3 Å². The number of nitrogens with one attached hydrogen (secondary N) is 3. The van der Waals surface area contributed by atoms with E-state index in [1.54, 1.807) is 0 Å². The van der Waals surface area contributed by atoms with Crippen molar-refractivity contribution in [2.45, 2.75) is 26.2 Å². The van der Waals surface area contributed by atoms with E-state index in [1.165, 1.54) is 0 Å². The molecule has 0 radical (unpaired) electrons. The molecule has 3 N–H and O–H groups in total. The van der Waals surface area contributed by atoms with Gasteiger partial charge in [-0.15, -0.1) is 0 Å². The van der Waals surface area contributed by atoms with Gasteiger partial charge in [-0.25, -0.2) is 0 Å². The van der Waals surface area contributed by atoms with Crippen LogP contribution in [0.1, 0.15) is 25.3 Å². The Balaban J connectivity index is 1.36. The molecule has 7 heteroatoms. The van der Waals surface area contributed by atoms with E-state index in [-0.39, 0.29) is 24.7 Å². The summed E-state index contributed by atoms with van der Waals surface area (Å²) in [6, 6.07) is 15.2. The summed E-state index contributed by atoms with van der Waals surface area (Å²) >= 11 is 0. The van der Waals surface area contributed by atoms with Crippen LogP contribution in [-0.4, -0.2) is 30.0 Å². The zero-order valence-corrected chi connectivity index (χ0v) is 16.4. The molecule has 2 aromatic carbocycles. The summed E-state index contributed by atoms with van der Waals surface area (Å²) in [5, 5.41) is 0.999. The number of amides is 2. The van der Waals surface area contributed by atoms with Gasteiger partial charge in [-0.1, -0.05) is 30.3 Å². The lowest BCUT2D eigenvalue weighted by Gasteiger charge is -2.11. The molecular formula is C22H25N3O4. The van der Waals surface area contributed by atoms with Gasteiger partial charge in [0.1, 0.15) is 0 Å². The van der Waals surface area contributed by atoms with Crippen LogP contribution in [0.4, 0.5) is 0 Å². The maximum absolute atomic E-state index is 12.1. The third kappa shape index (κ3) is 5.75. The Labute approximate surface area is 169 Å². The van der Waals surface area contributed by atoms with Crippen LogP contribution in [0, 0.1) is 0 Å². The quantitative estimate of drug-likeness (QED) is 0.383. The Morgan fingerprint density at radius 1 is 0.931 bits per heavy atom. The molecular weight excluding hydrogens is 370 g/mol. The van der Waals surface area contributed by atoms with Gasteiger partial charge in [0, 0.05) is 23.5 Å². The Bertz CT molecular complexity index is 967. The van der Waals surface area contributed by atoms with Gasteiger partial charge in [0.25, 0.3) is 0 Å². The monoisotopic (exact) mass is 395 g/mol. The van der Waals surface area contributed by atoms with Crippen molar-refractivity contribution in [3.8, 4) is 11.5 Å². The predicted molar refractivity (Wildman–Crippen MR) is 111 cm³/mol. The second kappa shape index (κ2) is 10.2. The van der Waals surface area contributed by atoms with E-state index in [0.717, 1.165) is 16.5 Å². The third-order valence-electron chi connectivity index (χ3n) is 4.32. The molecule has 1 heterocycles. The molecule has 0 spiro atoms. The highest BCUT2D eigenvalue weighted by Gasteiger charge is 2.10. The van der Waals surface area contributed by atoms with Crippen LogP contribution in [0.3, 0.4) is 0 Å². The SMILES string of the molecule is CCOc1ccccc1OCCCC(=O)NNC(=O)Cc1c[nH]c2ccccc12. The lowest BCUT2D eigenvalue weighted by Crippen LogP contribution is -2.42. The number of hydrogen-bond acceptors (Lipinski definition) is 4. The van der Waals surface area contributed by atoms with Crippen molar-refractivity contribution in [2.75, 3.05) is 13.2 Å². The summed E-state index contributed by atoms with van der Waals surface area (Å²) in [6.07, 6.45) is 2.75. The van der Waals surface area contributed by atoms with Gasteiger partial charge in [-0.3, -0.25) is 20.4 Å². The highest BCUT2D eigenvalue weighted by Crippen LogP contribution is 2.26. The minimum atomic E-state index is -0.273. The first-order valence-electron chi connectivity index (χ1n) is 9.64. The van der Waals surface area contributed by atoms with Gasteiger partial charge in [0.15, 0.2) is 11.5 Å². The molecule has 0 aliphatic heterocycles. The summed E-state index contributed by atoms with van der Waals surface area (Å²) in [6.45, 7) is 2.84. The van der Waals surface area contributed by atoms with Crippen LogP contribution in [-0.2, 0) is 16.0 Å². The Hall–Kier alpha value is -3.48. The van der Waals surface area contributed by atoms with E-state index in [0.29, 0.717) is 31.1 Å². The highest BCUT2D eigenvalue weighted by atomic mass is 16.5. The molecule has 0 aliphatic carbocycles. The van der Waals surface area contributed by atoms with Crippen molar-refractivity contribution in [1.82, 2.24) is 15.8 Å². The molecule has 0 atom stereocenters. The first kappa shape index (κ1) is 20.3. The topological polar surface area (TPSA) is 92.4 Å². The zero-order valence-electron chi connectivity index (χ0n) is 16.4. The fourth-order valence-electron chi connectivity index (χ4n) is 2.96. The van der Waals surface area contributed by atoms with Crippen molar-refractivity contribution in [3.63, 3.8) is 0 Å². The van der Waals surface area contributed by atoms with Crippen molar-refractivity contribution >= 4 is 22.7 Å². The van der Waals surface area contributed by atoms with Crippen molar-refractivity contribution in [1.29, 1.82) is 0 Å². The summed E-state index contributed by atoms with van der Waals surface area (Å²) in [4.78, 5) is 27.2. The average Bonchev–Trinajstić information content (AvgIpc) is 3.14. The second-order valence-electron chi connectivity index (χ2n) is 6.46. The molecule has 0 unspecified atom stereocenters. The number of rotatable bonds is 9. The molecule has 3 rings (SSSR count). The van der Waals surface area contributed by atoms with E-state index in [4.69, 9.17) is 9.47 Å². The van der Waals surface area contributed by atoms with Gasteiger partial charge in [-0.05, 0) is 37.1 Å². The molecule has 3 aromatic rings. The van der Waals surface area contributed by atoms with E-state index in [9.17, 15) is 9.59 Å². The number of hydrogen-bond donors (Lipinski definition) is 3. The van der Waals surface area contributed by atoms with E-state index < -0.39 is 0 Å². The lowest BCUT2D eigenvalue weighted by molar-refractivity contribution is -0.128. The van der Waals surface area contributed by atoms with Crippen molar-refractivity contribution < 1.29 is 19.1 Å². The second-order valence-corrected chi connectivity index (χ2v) is 6.46. The number of para-hydroxylation sites is 3. The standard InChI is InChI=1S/C22H25N3O4/c1-2-28-19-10-5-6-11-20(19)29-13-7-12-21(26)24-25-22(27)14-16-15-23-18-9-4-3-8-17(16)18/h3-6,8-11,15,23H,2,7,12-14H2,1H3,(H,24,26)(H,25,27). The molecule has 29 heavy (non-hydrogen) atoms. The first-order chi connectivity index (χ1) is 14.2. The van der Waals surface area contributed by atoms with Crippen LogP contribution in [0.2, 0.25) is 0 Å². The summed E-state index contributed by atoms with van der Waals surface area (Å²) in [5.74, 6) is 0.801. The minimum absolute atomic E-state index is 0.182. The van der Waals surface area contributed by atoms with Crippen LogP contribution in [0.15, 0.2) is 54.7 Å². The molecule has 0 aliphatic rings. The average molecular weight is 395 g/mol. The molecule has 0 fully saturated rings. The fraction of sp³-hybridized carbons (Fsp3) is 0.273. The Morgan fingerprint density at radius 2 is 1.62 bits per heavy atom. The predicted octanol–water partition coefficient (Wildman–Crippen LogP) is 3.12. The van der Waals surface area contributed by atoms with Gasteiger partial charge >= 0.3 is 0 Å². The fourth-order valence-corrected chi connectivity index (χ4v) is 2.96. The van der Waals surface area contributed by atoms with Gasteiger partial charge in [0.05, 0.1) is 19.6 Å². The number of carbonyl (C=O) groups excluding carboxylic acids is 2. The number of hydrazine groups is 1. The number of H-pyrrole nitrogens is 1. The Morgan fingerprint density at radius 3 is 2.41 bits per heavy atom. The number of benzene rings is 2. The maximum Gasteiger partial charge on any atom is 0.242 e. The molecule has 0 bridgehead atoms. The van der Waals surface area contributed by atoms with Gasteiger partial charge in [0.2, 0.25) is 11.8 Å². The van der Waals surface area contributed by atoms with Crippen molar-refractivity contribution in [2.24, 2.45) is 0 Å². The Kier molecular flexibility index (Phi) is 7.10. The smallest absolute Gasteiger partial charge is 0.242 e. The van der Waals surface area contributed by atoms with E-state index in [2.05, 4.69) is 15.8 Å². The van der Waals surface area contributed by atoms with Crippen LogP contribution in [0.5, 0.6) is 11.5 Å². The van der Waals surface area contributed by atoms with Gasteiger partial charge in [-0.2, -0.15) is 0 Å². The molecule has 0 saturated heterocycles. The highest BCUT2D eigenvalue weighted by molar-refractivity contribution is 5.89. The third-order valence-corrected chi connectivity index (χ3v) is 4.32. The van der Waals surface area contributed by atoms with E-state index >= 15 is 0 Å². The zero-order chi connectivity index (χ0) is 20.5. The molecule has 152 valence electrons. The first-order valence-corrected chi connectivity index (χ1v) is 9.64. The number of aromatic nitrogens is 1. The summed E-state index contributed by atoms with van der Waals surface area (Å²) in [5.41, 5.74) is 6.76. The molecule has 7 nitrogen and oxygen atoms in total. The van der Waals surface area contributed by atoms with Crippen LogP contribution in [0.25, 0.3) is 10.9 Å². The number of fused-ring (bicyclic) bond motifs is 1. The number of aromatic amines is 1. The maximum atomic E-state index is 12.1. The normalized spacial score (nSPS) is 10.5. The molecule has 1 aromatic heterocycles.